The van der Waals surface area contributed by atoms with Crippen LogP contribution < -0.4 is 5.32 Å². The molecule has 4 saturated heterocycles. The summed E-state index contributed by atoms with van der Waals surface area (Å²) in [5, 5.41) is 15.5. The van der Waals surface area contributed by atoms with Gasteiger partial charge in [0.1, 0.15) is 11.5 Å². The summed E-state index contributed by atoms with van der Waals surface area (Å²) in [7, 11) is 0. The molecule has 2 unspecified atom stereocenters. The van der Waals surface area contributed by atoms with E-state index in [2.05, 4.69) is 16.3 Å². The lowest BCUT2D eigenvalue weighted by molar-refractivity contribution is -0.236. The number of aliphatic carboxylic acids is 1. The van der Waals surface area contributed by atoms with Crippen molar-refractivity contribution in [1.82, 2.24) is 20.1 Å². The van der Waals surface area contributed by atoms with E-state index in [1.807, 2.05) is 36.5 Å². The van der Waals surface area contributed by atoms with Gasteiger partial charge in [0, 0.05) is 49.6 Å². The van der Waals surface area contributed by atoms with Gasteiger partial charge in [0.05, 0.1) is 24.4 Å². The molecule has 1 amide bonds. The zero-order valence-corrected chi connectivity index (χ0v) is 27.4. The van der Waals surface area contributed by atoms with Crippen LogP contribution in [0.5, 0.6) is 0 Å². The number of carboxylic acid groups (broad SMARTS) is 1. The topological polar surface area (TPSA) is 95.0 Å². The van der Waals surface area contributed by atoms with Crippen molar-refractivity contribution in [1.29, 1.82) is 0 Å². The third-order valence-corrected chi connectivity index (χ3v) is 10.5. The number of benzene rings is 3. The Hall–Kier alpha value is -4.27. The normalized spacial score (nSPS) is 21.7. The number of ether oxygens (including phenoxy) is 1. The number of nitrogens with one attached hydrogen (secondary N) is 1. The van der Waals surface area contributed by atoms with Crippen molar-refractivity contribution in [2.45, 2.75) is 62.8 Å². The van der Waals surface area contributed by atoms with Crippen LogP contribution in [0.3, 0.4) is 0 Å². The Labute approximate surface area is 289 Å². The number of carbonyl (C=O) groups is 2. The summed E-state index contributed by atoms with van der Waals surface area (Å²) in [6.07, 6.45) is -8.36. The third-order valence-electron chi connectivity index (χ3n) is 10.5. The largest absolute Gasteiger partial charge is 0.480 e. The Morgan fingerprint density at radius 3 is 2.12 bits per heavy atom. The second-order valence-corrected chi connectivity index (χ2v) is 13.8. The number of rotatable bonds is 9. The fourth-order valence-corrected chi connectivity index (χ4v) is 7.86. The molecule has 8 nitrogen and oxygen atoms in total. The third kappa shape index (κ3) is 7.01. The second kappa shape index (κ2) is 13.4. The molecular weight excluding hydrogens is 678 g/mol. The van der Waals surface area contributed by atoms with Crippen LogP contribution in [-0.2, 0) is 27.3 Å². The van der Waals surface area contributed by atoms with E-state index in [0.717, 1.165) is 58.2 Å². The maximum atomic E-state index is 14.4. The molecule has 4 fully saturated rings. The van der Waals surface area contributed by atoms with Crippen LogP contribution in [0, 0.1) is 5.41 Å². The SMILES string of the molecule is O=C(O)[C@H](Cc1cccc2c(-c3ncc(CN4CC5CC(C4)O5)c4ccccc34)cccc12)NC(=O)C1(C(F)(F)F)CCN(CC(F)(F)F)CC1. The van der Waals surface area contributed by atoms with Gasteiger partial charge in [-0.15, -0.1) is 0 Å². The number of halogens is 6. The van der Waals surface area contributed by atoms with Gasteiger partial charge < -0.3 is 15.2 Å². The average Bonchev–Trinajstić information content (AvgIpc) is 3.07. The van der Waals surface area contributed by atoms with Gasteiger partial charge in [0.2, 0.25) is 5.91 Å². The highest BCUT2D eigenvalue weighted by molar-refractivity contribution is 6.05. The fourth-order valence-electron chi connectivity index (χ4n) is 7.86. The van der Waals surface area contributed by atoms with Crippen LogP contribution in [0.4, 0.5) is 26.3 Å². The molecule has 4 aliphatic rings. The Morgan fingerprint density at radius 1 is 0.863 bits per heavy atom. The quantitative estimate of drug-likeness (QED) is 0.195. The molecule has 4 aliphatic heterocycles. The highest BCUT2D eigenvalue weighted by Gasteiger charge is 2.61. The van der Waals surface area contributed by atoms with Crippen molar-refractivity contribution in [2.75, 3.05) is 32.7 Å². The maximum absolute atomic E-state index is 14.4. The number of alkyl halides is 6. The molecule has 2 N–H and O–H groups in total. The molecule has 0 saturated carbocycles. The van der Waals surface area contributed by atoms with Crippen molar-refractivity contribution in [3.05, 3.63) is 78.0 Å². The predicted molar refractivity (Wildman–Crippen MR) is 177 cm³/mol. The number of piperidine rings is 2. The van der Waals surface area contributed by atoms with Crippen molar-refractivity contribution in [3.8, 4) is 11.3 Å². The Bertz CT molecular complexity index is 1940. The van der Waals surface area contributed by atoms with Crippen molar-refractivity contribution < 1.29 is 45.8 Å². The van der Waals surface area contributed by atoms with Gasteiger partial charge in [-0.05, 0) is 53.2 Å². The first-order chi connectivity index (χ1) is 24.2. The minimum atomic E-state index is -5.10. The molecule has 0 radical (unpaired) electrons. The number of fused-ring (bicyclic) bond motifs is 4. The maximum Gasteiger partial charge on any atom is 0.403 e. The summed E-state index contributed by atoms with van der Waals surface area (Å²) in [6.45, 7) is -0.160. The number of amides is 1. The van der Waals surface area contributed by atoms with Gasteiger partial charge in [0.25, 0.3) is 0 Å². The zero-order chi connectivity index (χ0) is 36.1. The second-order valence-electron chi connectivity index (χ2n) is 13.8. The van der Waals surface area contributed by atoms with E-state index in [4.69, 9.17) is 9.72 Å². The summed E-state index contributed by atoms with van der Waals surface area (Å²) in [5.74, 6) is -3.09. The van der Waals surface area contributed by atoms with Crippen LogP contribution in [0.15, 0.2) is 66.9 Å². The molecule has 3 aromatic carbocycles. The first-order valence-electron chi connectivity index (χ1n) is 16.9. The summed E-state index contributed by atoms with van der Waals surface area (Å²) >= 11 is 0. The van der Waals surface area contributed by atoms with E-state index in [1.54, 1.807) is 24.3 Å². The lowest BCUT2D eigenvalue weighted by atomic mass is 9.76. The number of hydrogen-bond donors (Lipinski definition) is 2. The first kappa shape index (κ1) is 35.1. The van der Waals surface area contributed by atoms with Crippen LogP contribution in [0.25, 0.3) is 32.8 Å². The standard InChI is InChI=1S/C37H36F6N4O4/c38-36(39,40)21-46-13-11-35(12-14-46,37(41,42)43)34(50)45-31(33(48)49)15-22-5-3-9-28-26(22)8-4-10-30(28)32-29-7-2-1-6-27(29)23(17-44-32)18-47-19-24-16-25(20-47)51-24/h1-10,17,24-25,31H,11-16,18-21H2,(H,45,50)(H,48,49)/t24?,25?,31-/m0/s1. The number of nitrogens with zero attached hydrogens (tertiary/aromatic N) is 3. The monoisotopic (exact) mass is 714 g/mol. The number of pyridine rings is 1. The molecule has 51 heavy (non-hydrogen) atoms. The van der Waals surface area contributed by atoms with Gasteiger partial charge >= 0.3 is 18.3 Å². The fraction of sp³-hybridized carbons (Fsp3) is 0.432. The zero-order valence-electron chi connectivity index (χ0n) is 27.4. The molecule has 0 aliphatic carbocycles. The van der Waals surface area contributed by atoms with Crippen LogP contribution in [0.1, 0.15) is 30.4 Å². The number of morpholine rings is 1. The van der Waals surface area contributed by atoms with E-state index in [1.165, 1.54) is 0 Å². The molecule has 4 aromatic rings. The minimum Gasteiger partial charge on any atom is -0.480 e. The average molecular weight is 715 g/mol. The van der Waals surface area contributed by atoms with Crippen LogP contribution >= 0.6 is 0 Å². The van der Waals surface area contributed by atoms with E-state index in [0.29, 0.717) is 16.6 Å². The number of likely N-dealkylation sites (tertiary alicyclic amines) is 1. The van der Waals surface area contributed by atoms with Gasteiger partial charge in [-0.3, -0.25) is 19.6 Å². The molecule has 3 atom stereocenters. The molecule has 0 spiro atoms. The van der Waals surface area contributed by atoms with E-state index in [9.17, 15) is 41.0 Å². The molecular formula is C37H36F6N4O4. The van der Waals surface area contributed by atoms with Crippen molar-refractivity contribution >= 4 is 33.4 Å². The summed E-state index contributed by atoms with van der Waals surface area (Å²) in [6, 6.07) is 17.0. The highest BCUT2D eigenvalue weighted by Crippen LogP contribution is 2.47. The molecule has 5 heterocycles. The smallest absolute Gasteiger partial charge is 0.403 e. The van der Waals surface area contributed by atoms with Crippen LogP contribution in [-0.4, -0.2) is 95.1 Å². The highest BCUT2D eigenvalue weighted by atomic mass is 19.4. The van der Waals surface area contributed by atoms with E-state index in [-0.39, 0.29) is 18.6 Å². The Morgan fingerprint density at radius 2 is 1.47 bits per heavy atom. The van der Waals surface area contributed by atoms with Gasteiger partial charge in [0.15, 0.2) is 0 Å². The lowest BCUT2D eigenvalue weighted by Gasteiger charge is -2.47. The number of carboxylic acids is 1. The minimum absolute atomic E-state index is 0.275. The van der Waals surface area contributed by atoms with Gasteiger partial charge in [-0.2, -0.15) is 26.3 Å². The lowest BCUT2D eigenvalue weighted by Crippen LogP contribution is -2.59. The van der Waals surface area contributed by atoms with Gasteiger partial charge in [-0.25, -0.2) is 4.79 Å². The Balaban J connectivity index is 1.15. The predicted octanol–water partition coefficient (Wildman–Crippen LogP) is 6.35. The van der Waals surface area contributed by atoms with E-state index < -0.39 is 68.2 Å². The number of carbonyl (C=O) groups excluding carboxylic acids is 1. The molecule has 2 bridgehead atoms. The summed E-state index contributed by atoms with van der Waals surface area (Å²) in [4.78, 5) is 33.8. The van der Waals surface area contributed by atoms with Gasteiger partial charge in [-0.1, -0.05) is 60.7 Å². The molecule has 1 aromatic heterocycles. The van der Waals surface area contributed by atoms with Crippen LogP contribution in [0.2, 0.25) is 0 Å². The first-order valence-corrected chi connectivity index (χ1v) is 16.9. The molecule has 14 heteroatoms. The van der Waals surface area contributed by atoms with Crippen molar-refractivity contribution in [2.24, 2.45) is 5.41 Å². The number of hydrogen-bond acceptors (Lipinski definition) is 6. The van der Waals surface area contributed by atoms with E-state index >= 15 is 0 Å². The summed E-state index contributed by atoms with van der Waals surface area (Å²) < 4.78 is 87.7. The molecule has 8 rings (SSSR count). The Kier molecular flexibility index (Phi) is 9.21. The van der Waals surface area contributed by atoms with Crippen molar-refractivity contribution in [3.63, 3.8) is 0 Å². The summed E-state index contributed by atoms with van der Waals surface area (Å²) in [5.41, 5.74) is 0.0425. The molecule has 270 valence electrons. The number of aromatic nitrogens is 1.